The van der Waals surface area contributed by atoms with Gasteiger partial charge < -0.3 is 15.2 Å². The van der Waals surface area contributed by atoms with Gasteiger partial charge in [0.15, 0.2) is 11.5 Å². The Morgan fingerprint density at radius 3 is 2.70 bits per heavy atom. The first-order valence-corrected chi connectivity index (χ1v) is 6.98. The molecule has 20 heavy (non-hydrogen) atoms. The van der Waals surface area contributed by atoms with Crippen molar-refractivity contribution in [2.24, 2.45) is 5.73 Å². The number of fused-ring (bicyclic) bond motifs is 1. The Bertz CT molecular complexity index is 586. The Labute approximate surface area is 118 Å². The molecule has 0 aliphatic carbocycles. The lowest BCUT2D eigenvalue weighted by molar-refractivity contribution is 0.297. The van der Waals surface area contributed by atoms with Crippen LogP contribution in [-0.2, 0) is 13.1 Å². The summed E-state index contributed by atoms with van der Waals surface area (Å²) in [5.74, 6) is 1.60. The van der Waals surface area contributed by atoms with Gasteiger partial charge in [0.05, 0.1) is 24.6 Å². The average molecular weight is 273 g/mol. The molecule has 1 aromatic carbocycles. The molecule has 0 spiro atoms. The predicted molar refractivity (Wildman–Crippen MR) is 76.8 cm³/mol. The fourth-order valence-corrected chi connectivity index (χ4v) is 2.36. The molecule has 0 radical (unpaired) electrons. The van der Waals surface area contributed by atoms with Crippen LogP contribution >= 0.6 is 0 Å². The fraction of sp³-hybridized carbons (Fsp3) is 0.400. The van der Waals surface area contributed by atoms with E-state index in [0.29, 0.717) is 19.8 Å². The number of nitrogens with two attached hydrogens (primary N) is 1. The number of ether oxygens (including phenoxy) is 2. The second-order valence-electron chi connectivity index (χ2n) is 4.75. The Morgan fingerprint density at radius 2 is 2.00 bits per heavy atom. The molecular formula is C15H19N3O2. The van der Waals surface area contributed by atoms with Crippen molar-refractivity contribution in [2.45, 2.75) is 26.4 Å². The van der Waals surface area contributed by atoms with Crippen molar-refractivity contribution in [1.82, 2.24) is 9.78 Å². The summed E-state index contributed by atoms with van der Waals surface area (Å²) in [6.45, 7) is 4.76. The summed E-state index contributed by atoms with van der Waals surface area (Å²) in [5.41, 5.74) is 8.72. The Balaban J connectivity index is 1.98. The molecule has 2 heterocycles. The monoisotopic (exact) mass is 273 g/mol. The van der Waals surface area contributed by atoms with Gasteiger partial charge in [0.25, 0.3) is 0 Å². The Hall–Kier alpha value is -2.01. The van der Waals surface area contributed by atoms with Gasteiger partial charge >= 0.3 is 0 Å². The van der Waals surface area contributed by atoms with Gasteiger partial charge in [-0.05, 0) is 31.2 Å². The van der Waals surface area contributed by atoms with Crippen LogP contribution in [0.4, 0.5) is 0 Å². The summed E-state index contributed by atoms with van der Waals surface area (Å²) in [5, 5.41) is 4.58. The van der Waals surface area contributed by atoms with E-state index in [2.05, 4.69) is 12.0 Å². The molecule has 0 bridgehead atoms. The summed E-state index contributed by atoms with van der Waals surface area (Å²) in [7, 11) is 0. The van der Waals surface area contributed by atoms with Gasteiger partial charge in [-0.3, -0.25) is 4.68 Å². The molecule has 2 aromatic rings. The van der Waals surface area contributed by atoms with Gasteiger partial charge in [0.1, 0.15) is 0 Å². The molecule has 5 heteroatoms. The first-order chi connectivity index (χ1) is 9.81. The van der Waals surface area contributed by atoms with Gasteiger partial charge in [-0.2, -0.15) is 5.10 Å². The van der Waals surface area contributed by atoms with E-state index < -0.39 is 0 Å². The minimum atomic E-state index is 0.491. The van der Waals surface area contributed by atoms with E-state index in [9.17, 15) is 0 Å². The molecule has 0 amide bonds. The van der Waals surface area contributed by atoms with E-state index in [0.717, 1.165) is 41.4 Å². The molecule has 0 atom stereocenters. The molecule has 106 valence electrons. The van der Waals surface area contributed by atoms with Gasteiger partial charge in [-0.25, -0.2) is 0 Å². The normalized spacial score (nSPS) is 14.1. The molecular weight excluding hydrogens is 254 g/mol. The summed E-state index contributed by atoms with van der Waals surface area (Å²) in [4.78, 5) is 0. The van der Waals surface area contributed by atoms with Gasteiger partial charge in [-0.15, -0.1) is 0 Å². The average Bonchev–Trinajstić information content (AvgIpc) is 2.77. The zero-order chi connectivity index (χ0) is 13.9. The van der Waals surface area contributed by atoms with Crippen molar-refractivity contribution in [3.63, 3.8) is 0 Å². The number of hydrogen-bond acceptors (Lipinski definition) is 4. The highest BCUT2D eigenvalue weighted by atomic mass is 16.5. The highest BCUT2D eigenvalue weighted by Gasteiger charge is 2.13. The number of rotatable bonds is 3. The van der Waals surface area contributed by atoms with Crippen LogP contribution in [-0.4, -0.2) is 23.0 Å². The zero-order valence-corrected chi connectivity index (χ0v) is 11.6. The molecule has 5 nitrogen and oxygen atoms in total. The fourth-order valence-electron chi connectivity index (χ4n) is 2.36. The highest BCUT2D eigenvalue weighted by molar-refractivity contribution is 5.64. The summed E-state index contributed by atoms with van der Waals surface area (Å²) >= 11 is 0. The number of aryl methyl sites for hydroxylation is 1. The molecule has 2 N–H and O–H groups in total. The largest absolute Gasteiger partial charge is 0.490 e. The lowest BCUT2D eigenvalue weighted by Crippen LogP contribution is -2.06. The minimum Gasteiger partial charge on any atom is -0.490 e. The lowest BCUT2D eigenvalue weighted by atomic mass is 10.1. The predicted octanol–water partition coefficient (Wildman–Crippen LogP) is 2.19. The van der Waals surface area contributed by atoms with Crippen LogP contribution in [0.2, 0.25) is 0 Å². The van der Waals surface area contributed by atoms with Crippen LogP contribution in [0.3, 0.4) is 0 Å². The van der Waals surface area contributed by atoms with Crippen LogP contribution in [0.15, 0.2) is 24.3 Å². The third kappa shape index (κ3) is 2.36. The van der Waals surface area contributed by atoms with Crippen molar-refractivity contribution in [3.05, 3.63) is 30.0 Å². The maximum Gasteiger partial charge on any atom is 0.161 e. The van der Waals surface area contributed by atoms with Crippen LogP contribution in [0, 0.1) is 0 Å². The number of aromatic nitrogens is 2. The second kappa shape index (κ2) is 5.54. The van der Waals surface area contributed by atoms with Crippen molar-refractivity contribution in [1.29, 1.82) is 0 Å². The molecule has 1 aliphatic rings. The maximum atomic E-state index is 5.74. The first-order valence-electron chi connectivity index (χ1n) is 6.98. The van der Waals surface area contributed by atoms with E-state index in [4.69, 9.17) is 15.2 Å². The third-order valence-corrected chi connectivity index (χ3v) is 3.42. The van der Waals surface area contributed by atoms with Crippen molar-refractivity contribution in [2.75, 3.05) is 13.2 Å². The topological polar surface area (TPSA) is 62.3 Å². The van der Waals surface area contributed by atoms with Crippen molar-refractivity contribution >= 4 is 0 Å². The summed E-state index contributed by atoms with van der Waals surface area (Å²) in [6.07, 6.45) is 0.909. The van der Waals surface area contributed by atoms with E-state index >= 15 is 0 Å². The smallest absolute Gasteiger partial charge is 0.161 e. The van der Waals surface area contributed by atoms with Gasteiger partial charge in [0.2, 0.25) is 0 Å². The van der Waals surface area contributed by atoms with E-state index in [1.165, 1.54) is 0 Å². The quantitative estimate of drug-likeness (QED) is 0.931. The SMILES string of the molecule is CCn1nc(-c2ccc3c(c2)OCCCO3)cc1CN. The lowest BCUT2D eigenvalue weighted by Gasteiger charge is -2.08. The van der Waals surface area contributed by atoms with E-state index in [1.54, 1.807) is 0 Å². The van der Waals surface area contributed by atoms with Crippen LogP contribution in [0.5, 0.6) is 11.5 Å². The number of nitrogens with zero attached hydrogens (tertiary/aromatic N) is 2. The van der Waals surface area contributed by atoms with Crippen molar-refractivity contribution in [3.8, 4) is 22.8 Å². The molecule has 0 unspecified atom stereocenters. The minimum absolute atomic E-state index is 0.491. The standard InChI is InChI=1S/C15H19N3O2/c1-2-18-12(10-16)9-13(17-18)11-4-5-14-15(8-11)20-7-3-6-19-14/h4-5,8-9H,2-3,6-7,10,16H2,1H3. The van der Waals surface area contributed by atoms with Crippen LogP contribution in [0.25, 0.3) is 11.3 Å². The summed E-state index contributed by atoms with van der Waals surface area (Å²) in [6, 6.07) is 7.98. The van der Waals surface area contributed by atoms with Crippen LogP contribution < -0.4 is 15.2 Å². The van der Waals surface area contributed by atoms with Crippen molar-refractivity contribution < 1.29 is 9.47 Å². The van der Waals surface area contributed by atoms with Gasteiger partial charge in [-0.1, -0.05) is 0 Å². The van der Waals surface area contributed by atoms with E-state index in [-0.39, 0.29) is 0 Å². The number of benzene rings is 1. The first kappa shape index (κ1) is 13.0. The molecule has 0 fully saturated rings. The second-order valence-corrected chi connectivity index (χ2v) is 4.75. The molecule has 1 aliphatic heterocycles. The summed E-state index contributed by atoms with van der Waals surface area (Å²) < 4.78 is 13.3. The maximum absolute atomic E-state index is 5.74. The molecule has 0 saturated carbocycles. The van der Waals surface area contributed by atoms with E-state index in [1.807, 2.05) is 28.9 Å². The molecule has 3 rings (SSSR count). The number of hydrogen-bond donors (Lipinski definition) is 1. The zero-order valence-electron chi connectivity index (χ0n) is 11.6. The third-order valence-electron chi connectivity index (χ3n) is 3.42. The molecule has 1 aromatic heterocycles. The Morgan fingerprint density at radius 1 is 1.20 bits per heavy atom. The van der Waals surface area contributed by atoms with Crippen LogP contribution in [0.1, 0.15) is 19.0 Å². The highest BCUT2D eigenvalue weighted by Crippen LogP contribution is 2.33. The van der Waals surface area contributed by atoms with Gasteiger partial charge in [0, 0.05) is 25.1 Å². The Kier molecular flexibility index (Phi) is 3.60. The molecule has 0 saturated heterocycles.